The Morgan fingerprint density at radius 2 is 2.00 bits per heavy atom. The number of rotatable bonds is 9. The van der Waals surface area contributed by atoms with Crippen LogP contribution >= 0.6 is 11.8 Å². The van der Waals surface area contributed by atoms with Gasteiger partial charge in [0.1, 0.15) is 0 Å². The van der Waals surface area contributed by atoms with E-state index < -0.39 is 0 Å². The van der Waals surface area contributed by atoms with Gasteiger partial charge in [-0.05, 0) is 30.7 Å². The van der Waals surface area contributed by atoms with E-state index in [0.717, 1.165) is 0 Å². The lowest BCUT2D eigenvalue weighted by molar-refractivity contribution is -0.113. The van der Waals surface area contributed by atoms with Crippen LogP contribution in [-0.2, 0) is 16.1 Å². The predicted molar refractivity (Wildman–Crippen MR) is 103 cm³/mol. The van der Waals surface area contributed by atoms with Crippen molar-refractivity contribution >= 4 is 29.3 Å². The third-order valence-electron chi connectivity index (χ3n) is 3.61. The zero-order valence-electron chi connectivity index (χ0n) is 15.5. The minimum Gasteiger partial charge on any atom is -0.385 e. The molecule has 0 bridgehead atoms. The summed E-state index contributed by atoms with van der Waals surface area (Å²) >= 11 is 1.17. The molecule has 1 heterocycles. The lowest BCUT2D eigenvalue weighted by Gasteiger charge is -2.11. The summed E-state index contributed by atoms with van der Waals surface area (Å²) < 4.78 is 6.46. The first kappa shape index (κ1) is 20.7. The van der Waals surface area contributed by atoms with Gasteiger partial charge in [-0.25, -0.2) is 9.89 Å². The van der Waals surface area contributed by atoms with Crippen molar-refractivity contribution in [2.24, 2.45) is 0 Å². The molecular formula is C17H23N5O4S. The summed E-state index contributed by atoms with van der Waals surface area (Å²) in [6.45, 7) is 1.00. The quantitative estimate of drug-likeness (QED) is 0.487. The van der Waals surface area contributed by atoms with Crippen molar-refractivity contribution in [3.63, 3.8) is 0 Å². The maximum Gasteiger partial charge on any atom is 0.343 e. The zero-order chi connectivity index (χ0) is 19.8. The molecular weight excluding hydrogens is 370 g/mol. The molecule has 0 saturated carbocycles. The fourth-order valence-electron chi connectivity index (χ4n) is 2.26. The Hall–Kier alpha value is -2.59. The molecule has 0 atom stereocenters. The van der Waals surface area contributed by atoms with Gasteiger partial charge in [0, 0.05) is 45.6 Å². The summed E-state index contributed by atoms with van der Waals surface area (Å²) in [5.74, 6) is -0.230. The van der Waals surface area contributed by atoms with E-state index in [1.807, 2.05) is 0 Å². The van der Waals surface area contributed by atoms with Crippen LogP contribution < -0.4 is 11.0 Å². The van der Waals surface area contributed by atoms with Crippen molar-refractivity contribution in [1.82, 2.24) is 19.7 Å². The number of benzene rings is 1. The number of carbonyl (C=O) groups is 2. The van der Waals surface area contributed by atoms with Crippen molar-refractivity contribution in [3.8, 4) is 0 Å². The predicted octanol–water partition coefficient (Wildman–Crippen LogP) is 1.04. The number of amides is 2. The average molecular weight is 393 g/mol. The molecule has 0 saturated heterocycles. The average Bonchev–Trinajstić information content (AvgIpc) is 3.00. The third-order valence-corrected chi connectivity index (χ3v) is 4.58. The van der Waals surface area contributed by atoms with Crippen LogP contribution in [0.1, 0.15) is 16.8 Å². The van der Waals surface area contributed by atoms with Crippen LogP contribution in [0, 0.1) is 0 Å². The summed E-state index contributed by atoms with van der Waals surface area (Å²) in [7, 11) is 4.96. The summed E-state index contributed by atoms with van der Waals surface area (Å²) in [4.78, 5) is 37.2. The Balaban J connectivity index is 1.90. The van der Waals surface area contributed by atoms with Crippen LogP contribution in [0.25, 0.3) is 0 Å². The van der Waals surface area contributed by atoms with Crippen LogP contribution in [0.4, 0.5) is 5.69 Å². The minimum absolute atomic E-state index is 0.103. The number of ether oxygens (including phenoxy) is 1. The molecule has 146 valence electrons. The number of aromatic amines is 1. The van der Waals surface area contributed by atoms with Crippen molar-refractivity contribution in [3.05, 3.63) is 40.3 Å². The van der Waals surface area contributed by atoms with Gasteiger partial charge < -0.3 is 15.0 Å². The Kier molecular flexibility index (Phi) is 7.62. The monoisotopic (exact) mass is 393 g/mol. The van der Waals surface area contributed by atoms with E-state index in [4.69, 9.17) is 4.74 Å². The minimum atomic E-state index is -0.310. The second-order valence-electron chi connectivity index (χ2n) is 5.92. The summed E-state index contributed by atoms with van der Waals surface area (Å²) in [6, 6.07) is 6.67. The van der Waals surface area contributed by atoms with E-state index in [2.05, 4.69) is 15.5 Å². The van der Waals surface area contributed by atoms with Crippen molar-refractivity contribution in [2.75, 3.05) is 38.9 Å². The molecule has 27 heavy (non-hydrogen) atoms. The molecule has 1 aromatic heterocycles. The molecule has 9 nitrogen and oxygen atoms in total. The normalized spacial score (nSPS) is 10.6. The number of carbonyl (C=O) groups excluding carboxylic acids is 2. The maximum absolute atomic E-state index is 12.1. The summed E-state index contributed by atoms with van der Waals surface area (Å²) in [5, 5.41) is 9.55. The van der Waals surface area contributed by atoms with E-state index in [-0.39, 0.29) is 23.3 Å². The Morgan fingerprint density at radius 1 is 1.30 bits per heavy atom. The van der Waals surface area contributed by atoms with Crippen LogP contribution in [0.15, 0.2) is 34.2 Å². The highest BCUT2D eigenvalue weighted by molar-refractivity contribution is 7.99. The van der Waals surface area contributed by atoms with Crippen LogP contribution in [0.5, 0.6) is 0 Å². The third kappa shape index (κ3) is 5.97. The maximum atomic E-state index is 12.1. The number of hydrogen-bond acceptors (Lipinski definition) is 6. The lowest BCUT2D eigenvalue weighted by Crippen LogP contribution is -2.21. The summed E-state index contributed by atoms with van der Waals surface area (Å²) in [5.41, 5.74) is 0.828. The number of hydrogen-bond donors (Lipinski definition) is 2. The number of nitrogens with zero attached hydrogens (tertiary/aromatic N) is 3. The van der Waals surface area contributed by atoms with Gasteiger partial charge in [-0.15, -0.1) is 5.10 Å². The highest BCUT2D eigenvalue weighted by Gasteiger charge is 2.12. The molecule has 0 aliphatic rings. The lowest BCUT2D eigenvalue weighted by atomic mass is 10.2. The molecule has 0 aliphatic carbocycles. The molecule has 2 amide bonds. The zero-order valence-corrected chi connectivity index (χ0v) is 16.3. The number of H-pyrrole nitrogens is 1. The highest BCUT2D eigenvalue weighted by Crippen LogP contribution is 2.15. The SMILES string of the molecule is COCCCn1c(SCC(=O)Nc2ccc(C(=O)N(C)C)cc2)n[nH]c1=O. The Morgan fingerprint density at radius 3 is 2.63 bits per heavy atom. The molecule has 2 N–H and O–H groups in total. The van der Waals surface area contributed by atoms with Crippen molar-refractivity contribution < 1.29 is 14.3 Å². The number of methoxy groups -OCH3 is 1. The molecule has 0 spiro atoms. The molecule has 0 unspecified atom stereocenters. The summed E-state index contributed by atoms with van der Waals surface area (Å²) in [6.07, 6.45) is 0.674. The van der Waals surface area contributed by atoms with Gasteiger partial charge in [0.15, 0.2) is 5.16 Å². The van der Waals surface area contributed by atoms with Crippen LogP contribution in [0.3, 0.4) is 0 Å². The van der Waals surface area contributed by atoms with Crippen molar-refractivity contribution in [1.29, 1.82) is 0 Å². The smallest absolute Gasteiger partial charge is 0.343 e. The largest absolute Gasteiger partial charge is 0.385 e. The molecule has 2 aromatic rings. The number of thioether (sulfide) groups is 1. The molecule has 0 radical (unpaired) electrons. The first-order valence-electron chi connectivity index (χ1n) is 8.31. The van der Waals surface area contributed by atoms with Gasteiger partial charge in [-0.2, -0.15) is 0 Å². The topological polar surface area (TPSA) is 109 Å². The molecule has 0 fully saturated rings. The Labute approximate surface area is 161 Å². The van der Waals surface area contributed by atoms with Gasteiger partial charge >= 0.3 is 5.69 Å². The van der Waals surface area contributed by atoms with Gasteiger partial charge in [0.05, 0.1) is 5.75 Å². The van der Waals surface area contributed by atoms with E-state index in [1.54, 1.807) is 45.5 Å². The highest BCUT2D eigenvalue weighted by atomic mass is 32.2. The Bertz CT molecular complexity index is 829. The molecule has 10 heteroatoms. The van der Waals surface area contributed by atoms with Crippen LogP contribution in [0.2, 0.25) is 0 Å². The van der Waals surface area contributed by atoms with Gasteiger partial charge in [-0.3, -0.25) is 14.2 Å². The first-order valence-corrected chi connectivity index (χ1v) is 9.29. The van der Waals surface area contributed by atoms with Crippen LogP contribution in [-0.4, -0.2) is 65.0 Å². The fourth-order valence-corrected chi connectivity index (χ4v) is 3.03. The number of anilines is 1. The van der Waals surface area contributed by atoms with E-state index in [9.17, 15) is 14.4 Å². The fraction of sp³-hybridized carbons (Fsp3) is 0.412. The molecule has 0 aliphatic heterocycles. The van der Waals surface area contributed by atoms with Gasteiger partial charge in [-0.1, -0.05) is 11.8 Å². The van der Waals surface area contributed by atoms with E-state index in [0.29, 0.717) is 36.0 Å². The van der Waals surface area contributed by atoms with E-state index >= 15 is 0 Å². The van der Waals surface area contributed by atoms with Gasteiger partial charge in [0.2, 0.25) is 5.91 Å². The standard InChI is InChI=1S/C17H23N5O4S/c1-21(2)15(24)12-5-7-13(8-6-12)18-14(23)11-27-17-20-19-16(25)22(17)9-4-10-26-3/h5-8H,4,9-11H2,1-3H3,(H,18,23)(H,19,25). The molecule has 2 rings (SSSR count). The molecule has 1 aromatic carbocycles. The van der Waals surface area contributed by atoms with E-state index in [1.165, 1.54) is 21.2 Å². The second kappa shape index (κ2) is 9.93. The first-order chi connectivity index (χ1) is 12.9. The number of aromatic nitrogens is 3. The van der Waals surface area contributed by atoms with Gasteiger partial charge in [0.25, 0.3) is 5.91 Å². The van der Waals surface area contributed by atoms with Crippen molar-refractivity contribution in [2.45, 2.75) is 18.1 Å². The second-order valence-corrected chi connectivity index (χ2v) is 6.87. The number of nitrogens with one attached hydrogen (secondary N) is 2.